The lowest BCUT2D eigenvalue weighted by Crippen LogP contribution is -2.42. The summed E-state index contributed by atoms with van der Waals surface area (Å²) in [6, 6.07) is 0.362. The second-order valence-electron chi connectivity index (χ2n) is 6.25. The number of nitrogens with zero attached hydrogens (tertiary/aromatic N) is 2. The van der Waals surface area contributed by atoms with Gasteiger partial charge < -0.3 is 14.9 Å². The van der Waals surface area contributed by atoms with Crippen molar-refractivity contribution in [2.45, 2.75) is 25.8 Å². The Morgan fingerprint density at radius 1 is 1.15 bits per heavy atom. The fraction of sp³-hybridized carbons (Fsp3) is 0.733. The van der Waals surface area contributed by atoms with Gasteiger partial charge in [-0.25, -0.2) is 0 Å². The quantitative estimate of drug-likeness (QED) is 0.785. The van der Waals surface area contributed by atoms with E-state index in [9.17, 15) is 14.7 Å². The van der Waals surface area contributed by atoms with E-state index >= 15 is 0 Å². The van der Waals surface area contributed by atoms with Crippen molar-refractivity contribution >= 4 is 11.9 Å². The van der Waals surface area contributed by atoms with Gasteiger partial charge in [0.05, 0.1) is 11.8 Å². The van der Waals surface area contributed by atoms with Crippen LogP contribution in [0, 0.1) is 17.8 Å². The third-order valence-electron chi connectivity index (χ3n) is 4.61. The number of allylic oxidation sites excluding steroid dienone is 2. The average Bonchev–Trinajstić information content (AvgIpc) is 2.80. The molecule has 1 amide bonds. The third-order valence-corrected chi connectivity index (χ3v) is 4.61. The normalized spacial score (nSPS) is 33.7. The van der Waals surface area contributed by atoms with E-state index in [-0.39, 0.29) is 5.91 Å². The van der Waals surface area contributed by atoms with Crippen molar-refractivity contribution in [1.82, 2.24) is 9.80 Å². The SMILES string of the molecule is CC1CN(C(=O)C2CC=CCC2C(=O)O)CC1N(C)C. The molecule has 112 valence electrons. The Morgan fingerprint density at radius 2 is 1.75 bits per heavy atom. The van der Waals surface area contributed by atoms with E-state index in [1.54, 1.807) is 0 Å². The van der Waals surface area contributed by atoms with E-state index in [1.165, 1.54) is 0 Å². The maximum Gasteiger partial charge on any atom is 0.307 e. The van der Waals surface area contributed by atoms with Gasteiger partial charge in [0.15, 0.2) is 0 Å². The summed E-state index contributed by atoms with van der Waals surface area (Å²) < 4.78 is 0. The number of hydrogen-bond donors (Lipinski definition) is 1. The summed E-state index contributed by atoms with van der Waals surface area (Å²) in [4.78, 5) is 27.9. The number of carbonyl (C=O) groups excluding carboxylic acids is 1. The van der Waals surface area contributed by atoms with E-state index < -0.39 is 17.8 Å². The van der Waals surface area contributed by atoms with Gasteiger partial charge in [0.2, 0.25) is 5.91 Å². The molecule has 1 aliphatic heterocycles. The number of aliphatic carboxylic acids is 1. The molecule has 1 heterocycles. The molecule has 2 rings (SSSR count). The van der Waals surface area contributed by atoms with Gasteiger partial charge in [0.25, 0.3) is 0 Å². The monoisotopic (exact) mass is 280 g/mol. The van der Waals surface area contributed by atoms with Crippen LogP contribution in [0.15, 0.2) is 12.2 Å². The maximum atomic E-state index is 12.6. The van der Waals surface area contributed by atoms with Crippen LogP contribution in [0.2, 0.25) is 0 Å². The van der Waals surface area contributed by atoms with Gasteiger partial charge in [-0.05, 0) is 32.9 Å². The summed E-state index contributed by atoms with van der Waals surface area (Å²) in [5.41, 5.74) is 0. The lowest BCUT2D eigenvalue weighted by molar-refractivity contribution is -0.150. The molecule has 2 aliphatic rings. The van der Waals surface area contributed by atoms with E-state index in [0.717, 1.165) is 6.54 Å². The van der Waals surface area contributed by atoms with E-state index in [4.69, 9.17) is 0 Å². The first-order valence-electron chi connectivity index (χ1n) is 7.24. The number of hydrogen-bond acceptors (Lipinski definition) is 3. The second kappa shape index (κ2) is 5.95. The molecular weight excluding hydrogens is 256 g/mol. The zero-order valence-corrected chi connectivity index (χ0v) is 12.5. The number of likely N-dealkylation sites (tertiary alicyclic amines) is 1. The van der Waals surface area contributed by atoms with Gasteiger partial charge in [-0.1, -0.05) is 19.1 Å². The minimum atomic E-state index is -0.857. The fourth-order valence-electron chi connectivity index (χ4n) is 3.40. The van der Waals surface area contributed by atoms with Gasteiger partial charge in [0.1, 0.15) is 0 Å². The Morgan fingerprint density at radius 3 is 2.25 bits per heavy atom. The molecule has 0 spiro atoms. The standard InChI is InChI=1S/C15H24N2O3/c1-10-8-17(9-13(10)16(2)3)14(18)11-6-4-5-7-12(11)15(19)20/h4-5,10-13H,6-9H2,1-3H3,(H,19,20). The van der Waals surface area contributed by atoms with Gasteiger partial charge in [-0.3, -0.25) is 9.59 Å². The lowest BCUT2D eigenvalue weighted by Gasteiger charge is -2.29. The highest BCUT2D eigenvalue weighted by molar-refractivity contribution is 5.85. The van der Waals surface area contributed by atoms with Crippen LogP contribution in [0.25, 0.3) is 0 Å². The Bertz CT molecular complexity index is 419. The minimum Gasteiger partial charge on any atom is -0.481 e. The smallest absolute Gasteiger partial charge is 0.307 e. The van der Waals surface area contributed by atoms with Crippen molar-refractivity contribution in [3.05, 3.63) is 12.2 Å². The van der Waals surface area contributed by atoms with Gasteiger partial charge in [-0.2, -0.15) is 0 Å². The van der Waals surface area contributed by atoms with E-state index in [0.29, 0.717) is 31.3 Å². The van der Waals surface area contributed by atoms with Crippen LogP contribution in [0.1, 0.15) is 19.8 Å². The predicted octanol–water partition coefficient (Wildman–Crippen LogP) is 1.06. The summed E-state index contributed by atoms with van der Waals surface area (Å²) in [5, 5.41) is 9.28. The molecule has 0 saturated carbocycles. The topological polar surface area (TPSA) is 60.9 Å². The summed E-state index contributed by atoms with van der Waals surface area (Å²) in [7, 11) is 4.05. The average molecular weight is 280 g/mol. The van der Waals surface area contributed by atoms with Crippen LogP contribution in [0.4, 0.5) is 0 Å². The van der Waals surface area contributed by atoms with Gasteiger partial charge >= 0.3 is 5.97 Å². The summed E-state index contributed by atoms with van der Waals surface area (Å²) in [6.07, 6.45) is 4.82. The molecule has 1 saturated heterocycles. The first-order valence-corrected chi connectivity index (χ1v) is 7.24. The fourth-order valence-corrected chi connectivity index (χ4v) is 3.40. The molecule has 0 bridgehead atoms. The van der Waals surface area contributed by atoms with Crippen LogP contribution in [0.5, 0.6) is 0 Å². The molecule has 4 unspecified atom stereocenters. The van der Waals surface area contributed by atoms with Crippen LogP contribution in [-0.4, -0.2) is 60.0 Å². The molecule has 1 fully saturated rings. The summed E-state index contributed by atoms with van der Waals surface area (Å²) in [6.45, 7) is 3.58. The molecule has 0 aromatic rings. The van der Waals surface area contributed by atoms with Crippen LogP contribution >= 0.6 is 0 Å². The number of carboxylic acid groups (broad SMARTS) is 1. The molecule has 0 aromatic heterocycles. The van der Waals surface area contributed by atoms with Crippen molar-refractivity contribution in [3.8, 4) is 0 Å². The second-order valence-corrected chi connectivity index (χ2v) is 6.25. The Balaban J connectivity index is 2.08. The van der Waals surface area contributed by atoms with Gasteiger partial charge in [-0.15, -0.1) is 0 Å². The van der Waals surface area contributed by atoms with E-state index in [1.807, 2.05) is 31.1 Å². The number of likely N-dealkylation sites (N-methyl/N-ethyl adjacent to an activating group) is 1. The molecule has 1 aliphatic carbocycles. The highest BCUT2D eigenvalue weighted by Crippen LogP contribution is 2.30. The van der Waals surface area contributed by atoms with Crippen molar-refractivity contribution in [2.24, 2.45) is 17.8 Å². The lowest BCUT2D eigenvalue weighted by atomic mass is 9.82. The molecule has 4 atom stereocenters. The number of carboxylic acids is 1. The Hall–Kier alpha value is -1.36. The Kier molecular flexibility index (Phi) is 4.48. The molecular formula is C15H24N2O3. The van der Waals surface area contributed by atoms with Crippen molar-refractivity contribution in [3.63, 3.8) is 0 Å². The third kappa shape index (κ3) is 2.87. The van der Waals surface area contributed by atoms with Crippen LogP contribution in [-0.2, 0) is 9.59 Å². The molecule has 0 aromatic carbocycles. The molecule has 20 heavy (non-hydrogen) atoms. The van der Waals surface area contributed by atoms with Crippen molar-refractivity contribution in [1.29, 1.82) is 0 Å². The molecule has 0 radical (unpaired) electrons. The highest BCUT2D eigenvalue weighted by atomic mass is 16.4. The van der Waals surface area contributed by atoms with Crippen LogP contribution < -0.4 is 0 Å². The summed E-state index contributed by atoms with van der Waals surface area (Å²) in [5.74, 6) is -1.38. The summed E-state index contributed by atoms with van der Waals surface area (Å²) >= 11 is 0. The Labute approximate surface area is 120 Å². The maximum absolute atomic E-state index is 12.6. The van der Waals surface area contributed by atoms with Crippen molar-refractivity contribution < 1.29 is 14.7 Å². The molecule has 5 heteroatoms. The first kappa shape index (κ1) is 15.0. The number of rotatable bonds is 3. The van der Waals surface area contributed by atoms with E-state index in [2.05, 4.69) is 11.8 Å². The van der Waals surface area contributed by atoms with Crippen molar-refractivity contribution in [2.75, 3.05) is 27.2 Å². The van der Waals surface area contributed by atoms with Crippen LogP contribution in [0.3, 0.4) is 0 Å². The highest BCUT2D eigenvalue weighted by Gasteiger charge is 2.40. The zero-order valence-electron chi connectivity index (χ0n) is 12.5. The minimum absolute atomic E-state index is 0.0120. The van der Waals surface area contributed by atoms with Gasteiger partial charge in [0, 0.05) is 19.1 Å². The molecule has 1 N–H and O–H groups in total. The first-order chi connectivity index (χ1) is 9.41. The largest absolute Gasteiger partial charge is 0.481 e. The zero-order chi connectivity index (χ0) is 14.9. The number of carbonyl (C=O) groups is 2. The predicted molar refractivity (Wildman–Crippen MR) is 76.2 cm³/mol. The molecule has 5 nitrogen and oxygen atoms in total. The number of amides is 1.